The van der Waals surface area contributed by atoms with Crippen LogP contribution in [0.1, 0.15) is 18.4 Å². The second-order valence-corrected chi connectivity index (χ2v) is 6.52. The van der Waals surface area contributed by atoms with Gasteiger partial charge in [-0.15, -0.1) is 0 Å². The Balaban J connectivity index is 1.68. The van der Waals surface area contributed by atoms with E-state index in [0.717, 1.165) is 18.4 Å². The molecular weight excluding hydrogens is 322 g/mol. The van der Waals surface area contributed by atoms with Crippen LogP contribution < -0.4 is 5.32 Å². The van der Waals surface area contributed by atoms with Crippen molar-refractivity contribution >= 4 is 17.9 Å². The van der Waals surface area contributed by atoms with Crippen LogP contribution >= 0.6 is 0 Å². The molecule has 7 nitrogen and oxygen atoms in total. The Kier molecular flexibility index (Phi) is 5.21. The van der Waals surface area contributed by atoms with Crippen LogP contribution in [-0.4, -0.2) is 60.5 Å². The highest BCUT2D eigenvalue weighted by Gasteiger charge is 2.41. The van der Waals surface area contributed by atoms with Crippen LogP contribution in [0.5, 0.6) is 0 Å². The number of hydrogen-bond donors (Lipinski definition) is 1. The molecule has 0 spiro atoms. The third-order valence-corrected chi connectivity index (χ3v) is 4.91. The lowest BCUT2D eigenvalue weighted by Crippen LogP contribution is -2.47. The molecule has 1 N–H and O–H groups in total. The summed E-state index contributed by atoms with van der Waals surface area (Å²) in [7, 11) is 1.26. The van der Waals surface area contributed by atoms with E-state index in [4.69, 9.17) is 0 Å². The SMILES string of the molecule is COC(=O)NCC(=O)N1C[C@@H]2CC[C@H](C1)N(Cc1ccccc1)C2=O. The van der Waals surface area contributed by atoms with Gasteiger partial charge in [0.25, 0.3) is 0 Å². The smallest absolute Gasteiger partial charge is 0.407 e. The number of hydrogen-bond acceptors (Lipinski definition) is 4. The van der Waals surface area contributed by atoms with E-state index in [1.165, 1.54) is 7.11 Å². The maximum Gasteiger partial charge on any atom is 0.407 e. The average Bonchev–Trinajstić information content (AvgIpc) is 2.93. The zero-order valence-electron chi connectivity index (χ0n) is 14.3. The van der Waals surface area contributed by atoms with E-state index in [-0.39, 0.29) is 30.3 Å². The largest absolute Gasteiger partial charge is 0.453 e. The first-order chi connectivity index (χ1) is 12.1. The molecule has 3 aliphatic heterocycles. The minimum atomic E-state index is -0.632. The molecule has 0 unspecified atom stereocenters. The number of piperidine rings is 1. The topological polar surface area (TPSA) is 79.0 Å². The molecule has 3 saturated heterocycles. The van der Waals surface area contributed by atoms with Crippen molar-refractivity contribution in [3.63, 3.8) is 0 Å². The van der Waals surface area contributed by atoms with Crippen LogP contribution in [0.2, 0.25) is 0 Å². The van der Waals surface area contributed by atoms with E-state index in [2.05, 4.69) is 10.1 Å². The van der Waals surface area contributed by atoms with E-state index in [1.54, 1.807) is 4.90 Å². The van der Waals surface area contributed by atoms with Gasteiger partial charge < -0.3 is 19.9 Å². The number of benzene rings is 1. The Morgan fingerprint density at radius 3 is 2.68 bits per heavy atom. The van der Waals surface area contributed by atoms with Gasteiger partial charge in [0, 0.05) is 25.7 Å². The third-order valence-electron chi connectivity index (χ3n) is 4.91. The van der Waals surface area contributed by atoms with Crippen molar-refractivity contribution in [3.05, 3.63) is 35.9 Å². The number of carbonyl (C=O) groups excluding carboxylic acids is 3. The van der Waals surface area contributed by atoms with Gasteiger partial charge in [0.05, 0.1) is 13.0 Å². The molecule has 3 aliphatic rings. The first kappa shape index (κ1) is 17.3. The molecule has 25 heavy (non-hydrogen) atoms. The lowest BCUT2D eigenvalue weighted by molar-refractivity contribution is -0.140. The number of carbonyl (C=O) groups is 3. The fraction of sp³-hybridized carbons (Fsp3) is 0.500. The van der Waals surface area contributed by atoms with Crippen molar-refractivity contribution in [2.75, 3.05) is 26.7 Å². The van der Waals surface area contributed by atoms with Gasteiger partial charge in [0.2, 0.25) is 11.8 Å². The summed E-state index contributed by atoms with van der Waals surface area (Å²) in [4.78, 5) is 39.9. The molecule has 0 aromatic heterocycles. The number of fused-ring (bicyclic) bond motifs is 4. The van der Waals surface area contributed by atoms with Gasteiger partial charge in [0.15, 0.2) is 0 Å². The lowest BCUT2D eigenvalue weighted by Gasteiger charge is -2.36. The first-order valence-electron chi connectivity index (χ1n) is 8.52. The van der Waals surface area contributed by atoms with Gasteiger partial charge in [-0.3, -0.25) is 9.59 Å². The average molecular weight is 345 g/mol. The van der Waals surface area contributed by atoms with Crippen LogP contribution in [-0.2, 0) is 20.9 Å². The number of nitrogens with one attached hydrogen (secondary N) is 1. The fourth-order valence-electron chi connectivity index (χ4n) is 3.56. The monoisotopic (exact) mass is 345 g/mol. The zero-order chi connectivity index (χ0) is 17.8. The summed E-state index contributed by atoms with van der Waals surface area (Å²) in [6.45, 7) is 1.39. The maximum atomic E-state index is 12.8. The molecular formula is C18H23N3O4. The van der Waals surface area contributed by atoms with Gasteiger partial charge in [0.1, 0.15) is 6.54 Å². The Labute approximate surface area is 146 Å². The van der Waals surface area contributed by atoms with Crippen LogP contribution in [0.3, 0.4) is 0 Å². The summed E-state index contributed by atoms with van der Waals surface area (Å²) < 4.78 is 4.48. The summed E-state index contributed by atoms with van der Waals surface area (Å²) in [6, 6.07) is 9.92. The van der Waals surface area contributed by atoms with Gasteiger partial charge in [-0.2, -0.15) is 0 Å². The molecule has 4 rings (SSSR count). The number of amides is 3. The molecule has 3 heterocycles. The second kappa shape index (κ2) is 7.55. The summed E-state index contributed by atoms with van der Waals surface area (Å²) in [5.41, 5.74) is 1.09. The number of methoxy groups -OCH3 is 1. The van der Waals surface area contributed by atoms with Crippen LogP contribution in [0, 0.1) is 5.92 Å². The van der Waals surface area contributed by atoms with Crippen LogP contribution in [0.15, 0.2) is 30.3 Å². The Morgan fingerprint density at radius 1 is 1.20 bits per heavy atom. The number of rotatable bonds is 4. The standard InChI is InChI=1S/C18H23N3O4/c1-25-18(24)19-9-16(22)20-11-14-7-8-15(12-20)21(17(14)23)10-13-5-3-2-4-6-13/h2-6,14-15H,7-12H2,1H3,(H,19,24)/t14-,15+/m0/s1. The van der Waals surface area contributed by atoms with Gasteiger partial charge in [-0.05, 0) is 18.4 Å². The van der Waals surface area contributed by atoms with Crippen LogP contribution in [0.25, 0.3) is 0 Å². The van der Waals surface area contributed by atoms with E-state index in [1.807, 2.05) is 35.2 Å². The molecule has 1 aromatic rings. The van der Waals surface area contributed by atoms with E-state index in [0.29, 0.717) is 19.6 Å². The molecule has 2 atom stereocenters. The van der Waals surface area contributed by atoms with Gasteiger partial charge >= 0.3 is 6.09 Å². The van der Waals surface area contributed by atoms with Gasteiger partial charge in [-0.1, -0.05) is 30.3 Å². The number of alkyl carbamates (subject to hydrolysis) is 1. The molecule has 3 fully saturated rings. The first-order valence-corrected chi connectivity index (χ1v) is 8.52. The van der Waals surface area contributed by atoms with Crippen LogP contribution in [0.4, 0.5) is 4.79 Å². The lowest BCUT2D eigenvalue weighted by atomic mass is 9.93. The maximum absolute atomic E-state index is 12.8. The molecule has 1 aromatic carbocycles. The van der Waals surface area contributed by atoms with Crippen molar-refractivity contribution in [2.24, 2.45) is 5.92 Å². The highest BCUT2D eigenvalue weighted by Crippen LogP contribution is 2.30. The highest BCUT2D eigenvalue weighted by molar-refractivity contribution is 5.85. The molecule has 0 aliphatic carbocycles. The molecule has 7 heteroatoms. The second-order valence-electron chi connectivity index (χ2n) is 6.52. The Hall–Kier alpha value is -2.57. The van der Waals surface area contributed by atoms with Gasteiger partial charge in [-0.25, -0.2) is 4.79 Å². The predicted molar refractivity (Wildman–Crippen MR) is 90.5 cm³/mol. The molecule has 2 bridgehead atoms. The van der Waals surface area contributed by atoms with Crippen molar-refractivity contribution in [2.45, 2.75) is 25.4 Å². The summed E-state index contributed by atoms with van der Waals surface area (Å²) in [6.07, 6.45) is 1.08. The highest BCUT2D eigenvalue weighted by atomic mass is 16.5. The molecule has 134 valence electrons. The van der Waals surface area contributed by atoms with Crippen molar-refractivity contribution in [1.29, 1.82) is 0 Å². The minimum Gasteiger partial charge on any atom is -0.453 e. The fourth-order valence-corrected chi connectivity index (χ4v) is 3.56. The Bertz CT molecular complexity index is 649. The van der Waals surface area contributed by atoms with E-state index < -0.39 is 6.09 Å². The summed E-state index contributed by atoms with van der Waals surface area (Å²) in [5.74, 6) is -0.225. The predicted octanol–water partition coefficient (Wildman–Crippen LogP) is 0.992. The van der Waals surface area contributed by atoms with Crippen molar-refractivity contribution in [1.82, 2.24) is 15.1 Å². The molecule has 0 saturated carbocycles. The minimum absolute atomic E-state index is 0.0218. The summed E-state index contributed by atoms with van der Waals surface area (Å²) in [5, 5.41) is 2.41. The molecule has 3 amide bonds. The zero-order valence-corrected chi connectivity index (χ0v) is 14.3. The molecule has 0 radical (unpaired) electrons. The van der Waals surface area contributed by atoms with E-state index >= 15 is 0 Å². The van der Waals surface area contributed by atoms with E-state index in [9.17, 15) is 14.4 Å². The third kappa shape index (κ3) is 3.92. The number of ether oxygens (including phenoxy) is 1. The van der Waals surface area contributed by atoms with Crippen molar-refractivity contribution < 1.29 is 19.1 Å². The van der Waals surface area contributed by atoms with Crippen molar-refractivity contribution in [3.8, 4) is 0 Å². The Morgan fingerprint density at radius 2 is 1.96 bits per heavy atom. The number of nitrogens with zero attached hydrogens (tertiary/aromatic N) is 2. The normalized spacial score (nSPS) is 22.5. The quantitative estimate of drug-likeness (QED) is 0.883. The summed E-state index contributed by atoms with van der Waals surface area (Å²) >= 11 is 0.